The number of hydrogen-bond donors (Lipinski definition) is 1. The van der Waals surface area contributed by atoms with Crippen LogP contribution < -0.4 is 4.74 Å². The lowest BCUT2D eigenvalue weighted by Gasteiger charge is -2.27. The highest BCUT2D eigenvalue weighted by molar-refractivity contribution is 5.68. The van der Waals surface area contributed by atoms with Crippen molar-refractivity contribution in [1.29, 1.82) is 0 Å². The maximum absolute atomic E-state index is 12.7. The number of phenolic OH excluding ortho intramolecular Hbond substituents is 1. The standard InChI is InChI=1S/C22H25NO4/c1-5-14-26-20-12-8-18(9-13-20)16-23(21(25)27-22(2,3)4)15-17-6-10-19(24)11-7-17/h1,6-13,24H,14-16H2,2-4H3. The predicted molar refractivity (Wildman–Crippen MR) is 104 cm³/mol. The minimum atomic E-state index is -0.586. The van der Waals surface area contributed by atoms with E-state index in [1.54, 1.807) is 29.2 Å². The van der Waals surface area contributed by atoms with Gasteiger partial charge in [-0.1, -0.05) is 30.2 Å². The summed E-state index contributed by atoms with van der Waals surface area (Å²) < 4.78 is 10.9. The lowest BCUT2D eigenvalue weighted by molar-refractivity contribution is 0.0216. The number of carbonyl (C=O) groups excluding carboxylic acids is 1. The number of ether oxygens (including phenoxy) is 2. The molecule has 0 heterocycles. The molecular formula is C22H25NO4. The van der Waals surface area contributed by atoms with Gasteiger partial charge < -0.3 is 14.6 Å². The van der Waals surface area contributed by atoms with E-state index >= 15 is 0 Å². The van der Waals surface area contributed by atoms with Crippen LogP contribution in [0, 0.1) is 12.3 Å². The summed E-state index contributed by atoms with van der Waals surface area (Å²) in [6, 6.07) is 14.2. The van der Waals surface area contributed by atoms with E-state index in [-0.39, 0.29) is 12.4 Å². The fourth-order valence-electron chi connectivity index (χ4n) is 2.37. The fourth-order valence-corrected chi connectivity index (χ4v) is 2.37. The Bertz CT molecular complexity index is 783. The number of aromatic hydroxyl groups is 1. The van der Waals surface area contributed by atoms with E-state index in [4.69, 9.17) is 15.9 Å². The Morgan fingerprint density at radius 2 is 1.56 bits per heavy atom. The summed E-state index contributed by atoms with van der Waals surface area (Å²) in [5.41, 5.74) is 1.25. The fraction of sp³-hybridized carbons (Fsp3) is 0.318. The lowest BCUT2D eigenvalue weighted by Crippen LogP contribution is -2.36. The van der Waals surface area contributed by atoms with Gasteiger partial charge in [-0.2, -0.15) is 0 Å². The SMILES string of the molecule is C#CCOc1ccc(CN(Cc2ccc(O)cc2)C(=O)OC(C)(C)C)cc1. The highest BCUT2D eigenvalue weighted by Gasteiger charge is 2.22. The van der Waals surface area contributed by atoms with E-state index in [1.165, 1.54) is 0 Å². The first-order valence-corrected chi connectivity index (χ1v) is 8.68. The molecule has 0 atom stereocenters. The Hall–Kier alpha value is -3.13. The van der Waals surface area contributed by atoms with Gasteiger partial charge in [0, 0.05) is 13.1 Å². The van der Waals surface area contributed by atoms with Crippen LogP contribution in [0.25, 0.3) is 0 Å². The van der Waals surface area contributed by atoms with Crippen molar-refractivity contribution in [3.05, 3.63) is 59.7 Å². The van der Waals surface area contributed by atoms with E-state index in [0.717, 1.165) is 11.1 Å². The summed E-state index contributed by atoms with van der Waals surface area (Å²) in [5, 5.41) is 9.45. The van der Waals surface area contributed by atoms with Gasteiger partial charge in [0.2, 0.25) is 0 Å². The molecule has 0 saturated carbocycles. The molecule has 27 heavy (non-hydrogen) atoms. The first kappa shape index (κ1) is 20.2. The summed E-state index contributed by atoms with van der Waals surface area (Å²) in [6.07, 6.45) is 4.79. The Labute approximate surface area is 160 Å². The third-order valence-corrected chi connectivity index (χ3v) is 3.58. The van der Waals surface area contributed by atoms with E-state index < -0.39 is 11.7 Å². The molecule has 0 radical (unpaired) electrons. The van der Waals surface area contributed by atoms with Crippen molar-refractivity contribution in [3.8, 4) is 23.8 Å². The third-order valence-electron chi connectivity index (χ3n) is 3.58. The van der Waals surface area contributed by atoms with E-state index in [2.05, 4.69) is 5.92 Å². The molecule has 0 aliphatic rings. The summed E-state index contributed by atoms with van der Waals surface area (Å²) in [7, 11) is 0. The number of terminal acetylenes is 1. The van der Waals surface area contributed by atoms with E-state index in [0.29, 0.717) is 18.8 Å². The van der Waals surface area contributed by atoms with Crippen LogP contribution in [0.2, 0.25) is 0 Å². The number of phenols is 1. The molecule has 142 valence electrons. The molecule has 5 heteroatoms. The first-order valence-electron chi connectivity index (χ1n) is 8.68. The zero-order valence-corrected chi connectivity index (χ0v) is 15.9. The van der Waals surface area contributed by atoms with Crippen LogP contribution in [-0.2, 0) is 17.8 Å². The Kier molecular flexibility index (Phi) is 6.73. The van der Waals surface area contributed by atoms with Gasteiger partial charge in [0.25, 0.3) is 0 Å². The van der Waals surface area contributed by atoms with Gasteiger partial charge in [-0.3, -0.25) is 4.90 Å². The number of hydrogen-bond acceptors (Lipinski definition) is 4. The maximum Gasteiger partial charge on any atom is 0.410 e. The van der Waals surface area contributed by atoms with Gasteiger partial charge in [0.05, 0.1) is 0 Å². The molecule has 1 amide bonds. The second-order valence-electron chi connectivity index (χ2n) is 7.14. The molecule has 0 aliphatic heterocycles. The Balaban J connectivity index is 2.14. The van der Waals surface area contributed by atoms with Gasteiger partial charge in [0.1, 0.15) is 23.7 Å². The van der Waals surface area contributed by atoms with E-state index in [9.17, 15) is 9.90 Å². The lowest BCUT2D eigenvalue weighted by atomic mass is 10.1. The summed E-state index contributed by atoms with van der Waals surface area (Å²) in [6.45, 7) is 6.46. The van der Waals surface area contributed by atoms with Gasteiger partial charge in [-0.25, -0.2) is 4.79 Å². The molecule has 0 saturated heterocycles. The highest BCUT2D eigenvalue weighted by Crippen LogP contribution is 2.19. The maximum atomic E-state index is 12.7. The third kappa shape index (κ3) is 6.95. The summed E-state index contributed by atoms with van der Waals surface area (Å²) >= 11 is 0. The molecule has 5 nitrogen and oxygen atoms in total. The van der Waals surface area contributed by atoms with Crippen LogP contribution in [0.1, 0.15) is 31.9 Å². The van der Waals surface area contributed by atoms with Crippen LogP contribution in [0.4, 0.5) is 4.79 Å². The van der Waals surface area contributed by atoms with Crippen LogP contribution in [-0.4, -0.2) is 28.3 Å². The van der Waals surface area contributed by atoms with Crippen molar-refractivity contribution in [3.63, 3.8) is 0 Å². The minimum absolute atomic E-state index is 0.185. The number of benzene rings is 2. The Morgan fingerprint density at radius 1 is 1.04 bits per heavy atom. The van der Waals surface area contributed by atoms with Crippen LogP contribution in [0.3, 0.4) is 0 Å². The molecule has 0 spiro atoms. The molecule has 1 N–H and O–H groups in total. The quantitative estimate of drug-likeness (QED) is 0.772. The molecule has 0 unspecified atom stereocenters. The molecule has 0 fully saturated rings. The first-order chi connectivity index (χ1) is 12.8. The average molecular weight is 367 g/mol. The van der Waals surface area contributed by atoms with Crippen molar-refractivity contribution in [2.75, 3.05) is 6.61 Å². The Morgan fingerprint density at radius 3 is 2.04 bits per heavy atom. The predicted octanol–water partition coefficient (Wildman–Crippen LogP) is 4.34. The molecule has 0 aliphatic carbocycles. The van der Waals surface area contributed by atoms with E-state index in [1.807, 2.05) is 45.0 Å². The second kappa shape index (κ2) is 9.00. The summed E-state index contributed by atoms with van der Waals surface area (Å²) in [4.78, 5) is 14.3. The van der Waals surface area contributed by atoms with Crippen molar-refractivity contribution < 1.29 is 19.4 Å². The van der Waals surface area contributed by atoms with Gasteiger partial charge in [-0.15, -0.1) is 6.42 Å². The number of amides is 1. The van der Waals surface area contributed by atoms with Crippen molar-refractivity contribution >= 4 is 6.09 Å². The number of carbonyl (C=O) groups is 1. The largest absolute Gasteiger partial charge is 0.508 e. The molecule has 2 rings (SSSR count). The number of rotatable bonds is 6. The minimum Gasteiger partial charge on any atom is -0.508 e. The number of nitrogens with zero attached hydrogens (tertiary/aromatic N) is 1. The van der Waals surface area contributed by atoms with Gasteiger partial charge >= 0.3 is 6.09 Å². The average Bonchev–Trinajstić information content (AvgIpc) is 2.61. The normalized spacial score (nSPS) is 10.7. The van der Waals surface area contributed by atoms with Crippen LogP contribution in [0.5, 0.6) is 11.5 Å². The van der Waals surface area contributed by atoms with Gasteiger partial charge in [-0.05, 0) is 56.2 Å². The summed E-state index contributed by atoms with van der Waals surface area (Å²) in [5.74, 6) is 3.29. The molecular weight excluding hydrogens is 342 g/mol. The molecule has 2 aromatic carbocycles. The molecule has 0 aromatic heterocycles. The zero-order chi connectivity index (χ0) is 19.9. The smallest absolute Gasteiger partial charge is 0.410 e. The highest BCUT2D eigenvalue weighted by atomic mass is 16.6. The van der Waals surface area contributed by atoms with Gasteiger partial charge in [0.15, 0.2) is 0 Å². The molecule has 2 aromatic rings. The van der Waals surface area contributed by atoms with Crippen LogP contribution in [0.15, 0.2) is 48.5 Å². The van der Waals surface area contributed by atoms with Crippen molar-refractivity contribution in [1.82, 2.24) is 4.90 Å². The second-order valence-corrected chi connectivity index (χ2v) is 7.14. The zero-order valence-electron chi connectivity index (χ0n) is 15.9. The molecule has 0 bridgehead atoms. The van der Waals surface area contributed by atoms with Crippen molar-refractivity contribution in [2.45, 2.75) is 39.5 Å². The van der Waals surface area contributed by atoms with Crippen molar-refractivity contribution in [2.24, 2.45) is 0 Å². The van der Waals surface area contributed by atoms with Crippen LogP contribution >= 0.6 is 0 Å². The monoisotopic (exact) mass is 367 g/mol. The topological polar surface area (TPSA) is 59.0 Å².